The summed E-state index contributed by atoms with van der Waals surface area (Å²) in [5.41, 5.74) is 2.36. The lowest BCUT2D eigenvalue weighted by molar-refractivity contribution is -0.396. The van der Waals surface area contributed by atoms with E-state index in [1.54, 1.807) is 0 Å². The highest BCUT2D eigenvalue weighted by atomic mass is 32.1. The number of para-hydroxylation sites is 1. The van der Waals surface area contributed by atoms with Crippen LogP contribution in [0.5, 0.6) is 0 Å². The molecule has 0 spiro atoms. The summed E-state index contributed by atoms with van der Waals surface area (Å²) in [6.07, 6.45) is 4.19. The third-order valence-corrected chi connectivity index (χ3v) is 2.12. The van der Waals surface area contributed by atoms with Crippen molar-refractivity contribution in [3.63, 3.8) is 0 Å². The molecule has 0 bridgehead atoms. The van der Waals surface area contributed by atoms with E-state index < -0.39 is 0 Å². The van der Waals surface area contributed by atoms with Crippen LogP contribution in [0.2, 0.25) is 0 Å². The Hall–Kier alpha value is -1.02. The summed E-state index contributed by atoms with van der Waals surface area (Å²) in [4.78, 5) is 0. The second kappa shape index (κ2) is 2.55. The highest BCUT2D eigenvalue weighted by Gasteiger charge is 2.14. The molecule has 1 aromatic rings. The Bertz CT molecular complexity index is 328. The Labute approximate surface area is 71.1 Å². The Morgan fingerprint density at radius 1 is 1.27 bits per heavy atom. The van der Waals surface area contributed by atoms with Crippen molar-refractivity contribution in [3.05, 3.63) is 35.9 Å². The second-order valence-corrected chi connectivity index (χ2v) is 2.96. The average molecular weight is 162 g/mol. The van der Waals surface area contributed by atoms with Gasteiger partial charge in [-0.25, -0.2) is 0 Å². The van der Waals surface area contributed by atoms with Gasteiger partial charge in [0.25, 0.3) is 12.4 Å². The van der Waals surface area contributed by atoms with Crippen LogP contribution < -0.4 is 0 Å². The van der Waals surface area contributed by atoms with Gasteiger partial charge in [0.2, 0.25) is 5.69 Å². The quantitative estimate of drug-likeness (QED) is 0.528. The third kappa shape index (κ3) is 1.10. The smallest absolute Gasteiger partial charge is 0.116 e. The van der Waals surface area contributed by atoms with Gasteiger partial charge < -0.3 is 0 Å². The molecule has 11 heavy (non-hydrogen) atoms. The predicted octanol–water partition coefficient (Wildman–Crippen LogP) is 2.09. The maximum absolute atomic E-state index is 5.13. The van der Waals surface area contributed by atoms with Gasteiger partial charge in [0.1, 0.15) is 0 Å². The van der Waals surface area contributed by atoms with Crippen LogP contribution in [-0.2, 0) is 12.4 Å². The van der Waals surface area contributed by atoms with E-state index in [-0.39, 0.29) is 0 Å². The monoisotopic (exact) mass is 162 g/mol. The molecule has 1 aliphatic heterocycles. The van der Waals surface area contributed by atoms with E-state index in [0.29, 0.717) is 0 Å². The molecule has 0 saturated heterocycles. The molecule has 0 aromatic heterocycles. The van der Waals surface area contributed by atoms with Crippen LogP contribution in [0.15, 0.2) is 30.3 Å². The molecule has 1 nitrogen and oxygen atoms in total. The zero-order chi connectivity index (χ0) is 7.68. The molecule has 1 aliphatic rings. The minimum Gasteiger partial charge on any atom is -0.116 e. The van der Waals surface area contributed by atoms with Crippen LogP contribution in [0.4, 0.5) is 5.69 Å². The Morgan fingerprint density at radius 2 is 2.09 bits per heavy atom. The molecule has 0 fully saturated rings. The maximum atomic E-state index is 5.13. The summed E-state index contributed by atoms with van der Waals surface area (Å²) in [6, 6.07) is 8.16. The molecule has 1 heterocycles. The summed E-state index contributed by atoms with van der Waals surface area (Å²) in [7, 11) is 0. The van der Waals surface area contributed by atoms with E-state index >= 15 is 0 Å². The van der Waals surface area contributed by atoms with Gasteiger partial charge in [-0.2, -0.15) is 0 Å². The molecule has 0 aliphatic carbocycles. The highest BCUT2D eigenvalue weighted by molar-refractivity contribution is 7.44. The lowest BCUT2D eigenvalue weighted by Gasteiger charge is -2.03. The zero-order valence-corrected chi connectivity index (χ0v) is 6.84. The Balaban J connectivity index is 2.63. The fourth-order valence-electron chi connectivity index (χ4n) is 1.23. The number of hydrogen-bond donors (Lipinski definition) is 0. The van der Waals surface area contributed by atoms with Gasteiger partial charge in [-0.15, -0.1) is 3.95 Å². The summed E-state index contributed by atoms with van der Waals surface area (Å²) < 4.78 is 1.83. The van der Waals surface area contributed by atoms with E-state index in [0.717, 1.165) is 12.2 Å². The van der Waals surface area contributed by atoms with E-state index in [2.05, 4.69) is 18.2 Å². The maximum Gasteiger partial charge on any atom is 0.270 e. The summed E-state index contributed by atoms with van der Waals surface area (Å²) in [5, 5.41) is 0. The van der Waals surface area contributed by atoms with Crippen molar-refractivity contribution in [1.82, 2.24) is 0 Å². The van der Waals surface area contributed by atoms with Crippen molar-refractivity contribution in [2.45, 2.75) is 0 Å². The minimum absolute atomic E-state index is 0.840. The van der Waals surface area contributed by atoms with E-state index in [1.807, 2.05) is 22.1 Å². The third-order valence-electron chi connectivity index (χ3n) is 1.77. The van der Waals surface area contributed by atoms with Crippen molar-refractivity contribution >= 4 is 24.2 Å². The molecule has 0 N–H and O–H groups in total. The Kier molecular flexibility index (Phi) is 1.55. The molecule has 0 unspecified atom stereocenters. The number of fused-ring (bicyclic) bond motifs is 1. The SMILES string of the molecule is S=[N+]1CC=Cc2ccccc21. The molecule has 54 valence electrons. The van der Waals surface area contributed by atoms with Gasteiger partial charge in [-0.3, -0.25) is 0 Å². The molecule has 0 saturated carbocycles. The Morgan fingerprint density at radius 3 is 2.91 bits per heavy atom. The number of hydrogen-bond acceptors (Lipinski definition) is 1. The molecular formula is C9H8NS+. The highest BCUT2D eigenvalue weighted by Crippen LogP contribution is 2.22. The molecule has 2 rings (SSSR count). The fourth-order valence-corrected chi connectivity index (χ4v) is 1.48. The predicted molar refractivity (Wildman–Crippen MR) is 47.6 cm³/mol. The van der Waals surface area contributed by atoms with Gasteiger partial charge in [-0.05, 0) is 18.2 Å². The van der Waals surface area contributed by atoms with Crippen LogP contribution in [0.3, 0.4) is 0 Å². The van der Waals surface area contributed by atoms with Crippen molar-refractivity contribution in [1.29, 1.82) is 0 Å². The van der Waals surface area contributed by atoms with E-state index in [9.17, 15) is 0 Å². The van der Waals surface area contributed by atoms with Gasteiger partial charge in [0.15, 0.2) is 6.54 Å². The minimum atomic E-state index is 0.840. The van der Waals surface area contributed by atoms with Crippen LogP contribution in [0, 0.1) is 0 Å². The zero-order valence-electron chi connectivity index (χ0n) is 6.03. The molecular weight excluding hydrogens is 154 g/mol. The van der Waals surface area contributed by atoms with Crippen molar-refractivity contribution < 1.29 is 3.95 Å². The summed E-state index contributed by atoms with van der Waals surface area (Å²) in [5.74, 6) is 0. The first-order valence-corrected chi connectivity index (χ1v) is 3.95. The first-order valence-electron chi connectivity index (χ1n) is 3.58. The van der Waals surface area contributed by atoms with Crippen molar-refractivity contribution in [2.75, 3.05) is 6.54 Å². The number of nitrogens with zero attached hydrogens (tertiary/aromatic N) is 1. The van der Waals surface area contributed by atoms with Crippen molar-refractivity contribution in [2.24, 2.45) is 0 Å². The average Bonchev–Trinajstić information content (AvgIpc) is 2.06. The van der Waals surface area contributed by atoms with Gasteiger partial charge in [0, 0.05) is 11.6 Å². The second-order valence-electron chi connectivity index (χ2n) is 2.52. The van der Waals surface area contributed by atoms with Gasteiger partial charge in [0.05, 0.1) is 0 Å². The van der Waals surface area contributed by atoms with Crippen LogP contribution in [0.25, 0.3) is 6.08 Å². The lowest BCUT2D eigenvalue weighted by atomic mass is 10.1. The van der Waals surface area contributed by atoms with Crippen molar-refractivity contribution in [3.8, 4) is 0 Å². The van der Waals surface area contributed by atoms with Crippen LogP contribution >= 0.6 is 0 Å². The van der Waals surface area contributed by atoms with E-state index in [4.69, 9.17) is 12.4 Å². The first-order chi connectivity index (χ1) is 5.38. The standard InChI is InChI=1S/C9H8NS/c11-10-7-3-5-8-4-1-2-6-9(8)10/h1-6H,7H2/q+1. The van der Waals surface area contributed by atoms with Crippen LogP contribution in [0.1, 0.15) is 5.56 Å². The van der Waals surface area contributed by atoms with E-state index in [1.165, 1.54) is 5.56 Å². The van der Waals surface area contributed by atoms with Gasteiger partial charge >= 0.3 is 0 Å². The number of benzene rings is 1. The normalized spacial score (nSPS) is 14.7. The number of rotatable bonds is 0. The molecule has 0 atom stereocenters. The molecule has 2 heteroatoms. The van der Waals surface area contributed by atoms with Gasteiger partial charge in [-0.1, -0.05) is 12.1 Å². The topological polar surface area (TPSA) is 3.01 Å². The fraction of sp³-hybridized carbons (Fsp3) is 0.111. The summed E-state index contributed by atoms with van der Waals surface area (Å²) in [6.45, 7) is 0.840. The first kappa shape index (κ1) is 6.68. The summed E-state index contributed by atoms with van der Waals surface area (Å²) >= 11 is 5.13. The van der Waals surface area contributed by atoms with Crippen LogP contribution in [-0.4, -0.2) is 10.5 Å². The molecule has 1 aromatic carbocycles. The lowest BCUT2D eigenvalue weighted by Crippen LogP contribution is -2.05. The molecule has 0 radical (unpaired) electrons. The molecule has 0 amide bonds. The largest absolute Gasteiger partial charge is 0.270 e.